The molecular weight excluding hydrogens is 465 g/mol. The Labute approximate surface area is 187 Å². The molecule has 156 valence electrons. The summed E-state index contributed by atoms with van der Waals surface area (Å²) >= 11 is 0. The molecule has 0 aliphatic heterocycles. The Hall–Kier alpha value is -1.79. The number of rotatable bonds is 9. The van der Waals surface area contributed by atoms with Gasteiger partial charge >= 0.3 is 0 Å². The van der Waals surface area contributed by atoms with E-state index in [1.807, 2.05) is 19.1 Å². The highest BCUT2D eigenvalue weighted by molar-refractivity contribution is 14.0. The minimum atomic E-state index is -0.188. The number of nitrogens with one attached hydrogen (secondary N) is 3. The highest BCUT2D eigenvalue weighted by atomic mass is 127. The number of carbonyl (C=O) groups is 1. The first-order valence-corrected chi connectivity index (χ1v) is 9.51. The molecule has 0 aliphatic carbocycles. The first kappa shape index (κ1) is 26.2. The lowest BCUT2D eigenvalue weighted by molar-refractivity contribution is -0.114. The summed E-state index contributed by atoms with van der Waals surface area (Å²) in [6, 6.07) is 8.16. The molecule has 0 fully saturated rings. The van der Waals surface area contributed by atoms with Gasteiger partial charge in [0.05, 0.1) is 0 Å². The Morgan fingerprint density at radius 1 is 1.21 bits per heavy atom. The van der Waals surface area contributed by atoms with E-state index in [2.05, 4.69) is 59.5 Å². The zero-order valence-corrected chi connectivity index (χ0v) is 19.9. The van der Waals surface area contributed by atoms with Crippen molar-refractivity contribution in [3.8, 4) is 12.3 Å². The van der Waals surface area contributed by atoms with Crippen LogP contribution < -0.4 is 16.0 Å². The fourth-order valence-corrected chi connectivity index (χ4v) is 2.80. The van der Waals surface area contributed by atoms with E-state index in [9.17, 15) is 4.79 Å². The van der Waals surface area contributed by atoms with Crippen LogP contribution in [-0.4, -0.2) is 55.0 Å². The van der Waals surface area contributed by atoms with Crippen LogP contribution in [0.2, 0.25) is 0 Å². The third kappa shape index (κ3) is 9.95. The summed E-state index contributed by atoms with van der Waals surface area (Å²) in [5.74, 6) is 3.00. The van der Waals surface area contributed by atoms with Crippen LogP contribution in [0.15, 0.2) is 29.3 Å². The van der Waals surface area contributed by atoms with Crippen molar-refractivity contribution in [1.29, 1.82) is 0 Å². The van der Waals surface area contributed by atoms with Crippen molar-refractivity contribution < 1.29 is 4.79 Å². The number of aliphatic imine (C=N–C) groups is 1. The number of anilines is 1. The van der Waals surface area contributed by atoms with Crippen molar-refractivity contribution >= 4 is 41.5 Å². The number of halogens is 1. The van der Waals surface area contributed by atoms with Crippen molar-refractivity contribution in [2.24, 2.45) is 4.99 Å². The van der Waals surface area contributed by atoms with Gasteiger partial charge in [0.25, 0.3) is 0 Å². The SMILES string of the molecule is C#Cc1cccc(NC(=O)CN=C(NCC)NCCN(C(C)C)C(C)C)c1.I. The lowest BCUT2D eigenvalue weighted by Gasteiger charge is -2.30. The van der Waals surface area contributed by atoms with E-state index in [1.165, 1.54) is 0 Å². The maximum Gasteiger partial charge on any atom is 0.246 e. The molecule has 0 radical (unpaired) electrons. The van der Waals surface area contributed by atoms with Crippen molar-refractivity contribution in [1.82, 2.24) is 15.5 Å². The average molecular weight is 499 g/mol. The highest BCUT2D eigenvalue weighted by Gasteiger charge is 2.12. The number of amides is 1. The van der Waals surface area contributed by atoms with E-state index in [0.717, 1.165) is 25.2 Å². The predicted octanol–water partition coefficient (Wildman–Crippen LogP) is 2.90. The molecule has 0 heterocycles. The molecule has 3 N–H and O–H groups in total. The van der Waals surface area contributed by atoms with Crippen LogP contribution in [0.25, 0.3) is 0 Å². The fraction of sp³-hybridized carbons (Fsp3) is 0.524. The lowest BCUT2D eigenvalue weighted by Crippen LogP contribution is -2.45. The van der Waals surface area contributed by atoms with Gasteiger partial charge in [0.15, 0.2) is 5.96 Å². The van der Waals surface area contributed by atoms with Gasteiger partial charge in [-0.15, -0.1) is 30.4 Å². The number of guanidine groups is 1. The second-order valence-corrected chi connectivity index (χ2v) is 6.82. The molecule has 7 heteroatoms. The fourth-order valence-electron chi connectivity index (χ4n) is 2.80. The third-order valence-electron chi connectivity index (χ3n) is 4.03. The van der Waals surface area contributed by atoms with E-state index in [4.69, 9.17) is 6.42 Å². The summed E-state index contributed by atoms with van der Waals surface area (Å²) < 4.78 is 0. The van der Waals surface area contributed by atoms with E-state index < -0.39 is 0 Å². The summed E-state index contributed by atoms with van der Waals surface area (Å²) in [7, 11) is 0. The van der Waals surface area contributed by atoms with E-state index in [0.29, 0.717) is 23.7 Å². The lowest BCUT2D eigenvalue weighted by atomic mass is 10.2. The summed E-state index contributed by atoms with van der Waals surface area (Å²) in [6.07, 6.45) is 5.38. The quantitative estimate of drug-likeness (QED) is 0.212. The van der Waals surface area contributed by atoms with Gasteiger partial charge in [0, 0.05) is 43.0 Å². The minimum absolute atomic E-state index is 0. The standard InChI is InChI=1S/C21H33N5O.HI/c1-7-18-10-9-11-19(14-18)25-20(27)15-24-21(22-8-2)23-12-13-26(16(3)4)17(5)6;/h1,9-11,14,16-17H,8,12-13,15H2,2-6H3,(H,25,27)(H2,22,23,24);1H. The zero-order chi connectivity index (χ0) is 20.2. The van der Waals surface area contributed by atoms with Crippen LogP contribution >= 0.6 is 24.0 Å². The van der Waals surface area contributed by atoms with Crippen LogP contribution in [0, 0.1) is 12.3 Å². The predicted molar refractivity (Wildman–Crippen MR) is 129 cm³/mol. The van der Waals surface area contributed by atoms with Gasteiger partial charge < -0.3 is 16.0 Å². The molecule has 0 saturated heterocycles. The van der Waals surface area contributed by atoms with E-state index >= 15 is 0 Å². The molecule has 1 aromatic carbocycles. The van der Waals surface area contributed by atoms with Gasteiger partial charge in [-0.05, 0) is 52.8 Å². The second kappa shape index (κ2) is 14.2. The first-order valence-electron chi connectivity index (χ1n) is 9.51. The van der Waals surface area contributed by atoms with Crippen molar-refractivity contribution in [2.75, 3.05) is 31.5 Å². The summed E-state index contributed by atoms with van der Waals surface area (Å²) in [6.45, 7) is 13.2. The molecule has 1 amide bonds. The van der Waals surface area contributed by atoms with E-state index in [1.54, 1.807) is 12.1 Å². The number of benzene rings is 1. The molecule has 0 saturated carbocycles. The molecule has 0 spiro atoms. The molecule has 28 heavy (non-hydrogen) atoms. The van der Waals surface area contributed by atoms with Gasteiger partial charge in [-0.3, -0.25) is 9.69 Å². The minimum Gasteiger partial charge on any atom is -0.357 e. The number of nitrogens with zero attached hydrogens (tertiary/aromatic N) is 2. The van der Waals surface area contributed by atoms with Gasteiger partial charge in [0.1, 0.15) is 6.54 Å². The molecule has 0 aliphatic rings. The highest BCUT2D eigenvalue weighted by Crippen LogP contribution is 2.09. The normalized spacial score (nSPS) is 11.2. The van der Waals surface area contributed by atoms with Crippen LogP contribution in [-0.2, 0) is 4.79 Å². The van der Waals surface area contributed by atoms with Gasteiger partial charge in [-0.1, -0.05) is 12.0 Å². The number of hydrogen-bond acceptors (Lipinski definition) is 3. The Balaban J connectivity index is 0.00000729. The Kier molecular flexibility index (Phi) is 13.3. The van der Waals surface area contributed by atoms with Gasteiger partial charge in [-0.2, -0.15) is 0 Å². The molecular formula is C21H34IN5O. The Bertz CT molecular complexity index is 659. The second-order valence-electron chi connectivity index (χ2n) is 6.82. The summed E-state index contributed by atoms with van der Waals surface area (Å²) in [5.41, 5.74) is 1.40. The van der Waals surface area contributed by atoms with E-state index in [-0.39, 0.29) is 36.4 Å². The molecule has 1 rings (SSSR count). The monoisotopic (exact) mass is 499 g/mol. The van der Waals surface area contributed by atoms with Gasteiger partial charge in [0.2, 0.25) is 5.91 Å². The Morgan fingerprint density at radius 2 is 1.89 bits per heavy atom. The van der Waals surface area contributed by atoms with Gasteiger partial charge in [-0.25, -0.2) is 4.99 Å². The van der Waals surface area contributed by atoms with Crippen LogP contribution in [0.4, 0.5) is 5.69 Å². The van der Waals surface area contributed by atoms with Crippen molar-refractivity contribution in [3.05, 3.63) is 29.8 Å². The molecule has 0 unspecified atom stereocenters. The number of terminal acetylenes is 1. The van der Waals surface area contributed by atoms with Crippen LogP contribution in [0.3, 0.4) is 0 Å². The van der Waals surface area contributed by atoms with Crippen LogP contribution in [0.1, 0.15) is 40.2 Å². The molecule has 6 nitrogen and oxygen atoms in total. The topological polar surface area (TPSA) is 68.8 Å². The van der Waals surface area contributed by atoms with Crippen LogP contribution in [0.5, 0.6) is 0 Å². The largest absolute Gasteiger partial charge is 0.357 e. The summed E-state index contributed by atoms with van der Waals surface area (Å²) in [5, 5.41) is 9.27. The first-order chi connectivity index (χ1) is 12.9. The summed E-state index contributed by atoms with van der Waals surface area (Å²) in [4.78, 5) is 18.9. The maximum atomic E-state index is 12.1. The molecule has 0 atom stereocenters. The van der Waals surface area contributed by atoms with Crippen molar-refractivity contribution in [3.63, 3.8) is 0 Å². The smallest absolute Gasteiger partial charge is 0.246 e. The average Bonchev–Trinajstić information content (AvgIpc) is 2.62. The maximum absolute atomic E-state index is 12.1. The molecule has 0 bridgehead atoms. The molecule has 1 aromatic rings. The van der Waals surface area contributed by atoms with Crippen molar-refractivity contribution in [2.45, 2.75) is 46.7 Å². The Morgan fingerprint density at radius 3 is 2.46 bits per heavy atom. The number of hydrogen-bond donors (Lipinski definition) is 3. The third-order valence-corrected chi connectivity index (χ3v) is 4.03. The zero-order valence-electron chi connectivity index (χ0n) is 17.6. The number of carbonyl (C=O) groups excluding carboxylic acids is 1. The molecule has 0 aromatic heterocycles.